The summed E-state index contributed by atoms with van der Waals surface area (Å²) < 4.78 is 5.12. The summed E-state index contributed by atoms with van der Waals surface area (Å²) in [6.45, 7) is 0.439. The van der Waals surface area contributed by atoms with E-state index in [0.717, 1.165) is 11.4 Å². The van der Waals surface area contributed by atoms with Crippen LogP contribution in [-0.4, -0.2) is 36.6 Å². The Kier molecular flexibility index (Phi) is 4.60. The number of carbonyl (C=O) groups excluding carboxylic acids is 2. The molecule has 24 heavy (non-hydrogen) atoms. The van der Waals surface area contributed by atoms with Crippen molar-refractivity contribution in [3.63, 3.8) is 0 Å². The first-order chi connectivity index (χ1) is 11.7. The topological polar surface area (TPSA) is 83.6 Å². The van der Waals surface area contributed by atoms with E-state index in [1.165, 1.54) is 0 Å². The number of pyridine rings is 1. The van der Waals surface area contributed by atoms with Gasteiger partial charge in [-0.1, -0.05) is 0 Å². The summed E-state index contributed by atoms with van der Waals surface area (Å²) in [6.07, 6.45) is 3.47. The number of hydrogen-bond acceptors (Lipinski definition) is 4. The molecule has 1 aromatic carbocycles. The first-order valence-electron chi connectivity index (χ1n) is 7.57. The summed E-state index contributed by atoms with van der Waals surface area (Å²) in [5, 5.41) is 5.54. The highest BCUT2D eigenvalue weighted by Crippen LogP contribution is 2.24. The zero-order valence-corrected chi connectivity index (χ0v) is 13.2. The number of nitrogens with zero attached hydrogens (tertiary/aromatic N) is 2. The van der Waals surface area contributed by atoms with E-state index in [9.17, 15) is 9.59 Å². The van der Waals surface area contributed by atoms with Gasteiger partial charge in [0.2, 0.25) is 5.91 Å². The predicted octanol–water partition coefficient (Wildman–Crippen LogP) is 2.02. The Morgan fingerprint density at radius 1 is 1.21 bits per heavy atom. The van der Waals surface area contributed by atoms with Crippen LogP contribution in [0.3, 0.4) is 0 Å². The van der Waals surface area contributed by atoms with Crippen LogP contribution in [0.4, 0.5) is 16.2 Å². The van der Waals surface area contributed by atoms with Crippen LogP contribution in [0.5, 0.6) is 5.75 Å². The Hall–Kier alpha value is -3.09. The van der Waals surface area contributed by atoms with Gasteiger partial charge in [0.25, 0.3) is 0 Å². The number of methoxy groups -OCH3 is 1. The van der Waals surface area contributed by atoms with Crippen molar-refractivity contribution in [3.8, 4) is 5.75 Å². The van der Waals surface area contributed by atoms with Crippen molar-refractivity contribution < 1.29 is 14.3 Å². The lowest BCUT2D eigenvalue weighted by Gasteiger charge is -2.17. The third-order valence-corrected chi connectivity index (χ3v) is 3.78. The fourth-order valence-electron chi connectivity index (χ4n) is 2.60. The maximum absolute atomic E-state index is 12.2. The number of carbonyl (C=O) groups is 2. The van der Waals surface area contributed by atoms with E-state index in [1.54, 1.807) is 48.7 Å². The highest BCUT2D eigenvalue weighted by atomic mass is 16.5. The van der Waals surface area contributed by atoms with Gasteiger partial charge in [0.1, 0.15) is 5.75 Å². The SMILES string of the molecule is COc1ccc(N2C[C@@H](NC(=O)Nc3ccncc3)CC2=O)cc1. The highest BCUT2D eigenvalue weighted by Gasteiger charge is 2.31. The Balaban J connectivity index is 1.59. The second-order valence-corrected chi connectivity index (χ2v) is 5.44. The van der Waals surface area contributed by atoms with Gasteiger partial charge in [-0.25, -0.2) is 4.79 Å². The van der Waals surface area contributed by atoms with Crippen molar-refractivity contribution in [1.29, 1.82) is 0 Å². The summed E-state index contributed by atoms with van der Waals surface area (Å²) in [6, 6.07) is 10.1. The molecule has 124 valence electrons. The second-order valence-electron chi connectivity index (χ2n) is 5.44. The zero-order valence-electron chi connectivity index (χ0n) is 13.2. The average molecular weight is 326 g/mol. The minimum absolute atomic E-state index is 0.0191. The van der Waals surface area contributed by atoms with Crippen LogP contribution < -0.4 is 20.3 Å². The summed E-state index contributed by atoms with van der Waals surface area (Å²) in [5.41, 5.74) is 1.44. The molecule has 0 unspecified atom stereocenters. The number of urea groups is 1. The van der Waals surface area contributed by atoms with Crippen LogP contribution in [0.2, 0.25) is 0 Å². The maximum Gasteiger partial charge on any atom is 0.319 e. The molecular formula is C17H18N4O3. The van der Waals surface area contributed by atoms with E-state index in [-0.39, 0.29) is 24.4 Å². The molecule has 2 aromatic rings. The number of amides is 3. The van der Waals surface area contributed by atoms with E-state index in [0.29, 0.717) is 12.2 Å². The van der Waals surface area contributed by atoms with Crippen LogP contribution in [0.25, 0.3) is 0 Å². The van der Waals surface area contributed by atoms with Gasteiger partial charge in [-0.2, -0.15) is 0 Å². The minimum atomic E-state index is -0.337. The first-order valence-corrected chi connectivity index (χ1v) is 7.57. The fraction of sp³-hybridized carbons (Fsp3) is 0.235. The third kappa shape index (κ3) is 3.62. The molecule has 7 nitrogen and oxygen atoms in total. The molecule has 3 rings (SSSR count). The van der Waals surface area contributed by atoms with Crippen LogP contribution in [0.15, 0.2) is 48.8 Å². The maximum atomic E-state index is 12.2. The molecule has 1 atom stereocenters. The van der Waals surface area contributed by atoms with Gasteiger partial charge in [0.15, 0.2) is 0 Å². The van der Waals surface area contributed by atoms with Gasteiger partial charge < -0.3 is 20.3 Å². The summed E-state index contributed by atoms with van der Waals surface area (Å²) >= 11 is 0. The van der Waals surface area contributed by atoms with Crippen molar-refractivity contribution in [1.82, 2.24) is 10.3 Å². The predicted molar refractivity (Wildman–Crippen MR) is 90.1 cm³/mol. The number of ether oxygens (including phenoxy) is 1. The summed E-state index contributed by atoms with van der Waals surface area (Å²) in [4.78, 5) is 29.8. The van der Waals surface area contributed by atoms with E-state index < -0.39 is 0 Å². The van der Waals surface area contributed by atoms with Gasteiger partial charge in [-0.05, 0) is 36.4 Å². The molecule has 1 fully saturated rings. The molecule has 0 aliphatic carbocycles. The number of rotatable bonds is 4. The monoisotopic (exact) mass is 326 g/mol. The summed E-state index contributed by atoms with van der Waals surface area (Å²) in [7, 11) is 1.59. The number of aromatic nitrogens is 1. The zero-order chi connectivity index (χ0) is 16.9. The van der Waals surface area contributed by atoms with Gasteiger partial charge in [0, 0.05) is 36.7 Å². The molecule has 0 spiro atoms. The number of anilines is 2. The van der Waals surface area contributed by atoms with E-state index >= 15 is 0 Å². The normalized spacial score (nSPS) is 16.8. The van der Waals surface area contributed by atoms with E-state index in [2.05, 4.69) is 15.6 Å². The Morgan fingerprint density at radius 3 is 2.58 bits per heavy atom. The quantitative estimate of drug-likeness (QED) is 0.900. The molecule has 1 aliphatic rings. The van der Waals surface area contributed by atoms with Crippen LogP contribution in [-0.2, 0) is 4.79 Å². The van der Waals surface area contributed by atoms with Crippen molar-refractivity contribution in [2.75, 3.05) is 23.9 Å². The molecular weight excluding hydrogens is 308 g/mol. The van der Waals surface area contributed by atoms with Gasteiger partial charge in [-0.15, -0.1) is 0 Å². The summed E-state index contributed by atoms with van der Waals surface area (Å²) in [5.74, 6) is 0.714. The Morgan fingerprint density at radius 2 is 1.92 bits per heavy atom. The minimum Gasteiger partial charge on any atom is -0.497 e. The lowest BCUT2D eigenvalue weighted by Crippen LogP contribution is -2.39. The number of nitrogens with one attached hydrogen (secondary N) is 2. The van der Waals surface area contributed by atoms with E-state index in [4.69, 9.17) is 4.74 Å². The van der Waals surface area contributed by atoms with Crippen molar-refractivity contribution in [2.45, 2.75) is 12.5 Å². The fourth-order valence-corrected chi connectivity index (χ4v) is 2.60. The van der Waals surface area contributed by atoms with Gasteiger partial charge in [-0.3, -0.25) is 9.78 Å². The third-order valence-electron chi connectivity index (χ3n) is 3.78. The molecule has 1 aromatic heterocycles. The molecule has 0 saturated carbocycles. The standard InChI is InChI=1S/C17H18N4O3/c1-24-15-4-2-14(3-5-15)21-11-13(10-16(21)22)20-17(23)19-12-6-8-18-9-7-12/h2-9,13H,10-11H2,1H3,(H2,18,19,20,23)/t13-/m0/s1. The Labute approximate surface area is 139 Å². The number of benzene rings is 1. The molecule has 3 amide bonds. The molecule has 2 heterocycles. The van der Waals surface area contributed by atoms with Crippen molar-refractivity contribution >= 4 is 23.3 Å². The van der Waals surface area contributed by atoms with Crippen molar-refractivity contribution in [3.05, 3.63) is 48.8 Å². The average Bonchev–Trinajstić information content (AvgIpc) is 2.96. The van der Waals surface area contributed by atoms with Crippen LogP contribution >= 0.6 is 0 Å². The highest BCUT2D eigenvalue weighted by molar-refractivity contribution is 5.97. The molecule has 7 heteroatoms. The van der Waals surface area contributed by atoms with Gasteiger partial charge >= 0.3 is 6.03 Å². The van der Waals surface area contributed by atoms with Gasteiger partial charge in [0.05, 0.1) is 13.2 Å². The molecule has 0 bridgehead atoms. The smallest absolute Gasteiger partial charge is 0.319 e. The molecule has 1 aliphatic heterocycles. The Bertz CT molecular complexity index is 718. The van der Waals surface area contributed by atoms with Crippen LogP contribution in [0, 0.1) is 0 Å². The largest absolute Gasteiger partial charge is 0.497 e. The van der Waals surface area contributed by atoms with Crippen molar-refractivity contribution in [2.24, 2.45) is 0 Å². The first kappa shape index (κ1) is 15.8. The molecule has 2 N–H and O–H groups in total. The molecule has 1 saturated heterocycles. The lowest BCUT2D eigenvalue weighted by atomic mass is 10.2. The molecule has 0 radical (unpaired) electrons. The number of hydrogen-bond donors (Lipinski definition) is 2. The lowest BCUT2D eigenvalue weighted by molar-refractivity contribution is -0.117. The van der Waals surface area contributed by atoms with E-state index in [1.807, 2.05) is 12.1 Å². The second kappa shape index (κ2) is 6.99. The van der Waals surface area contributed by atoms with Crippen LogP contribution in [0.1, 0.15) is 6.42 Å².